The number of nitrogens with zero attached hydrogens (tertiary/aromatic N) is 1. The summed E-state index contributed by atoms with van der Waals surface area (Å²) in [6.45, 7) is 3.73. The lowest BCUT2D eigenvalue weighted by Gasteiger charge is -2.27. The van der Waals surface area contributed by atoms with Gasteiger partial charge in [0.15, 0.2) is 0 Å². The standard InChI is InChI=1S/C10H16N2O2/c1-8-6-9(2-5-14-8)7-12-4-3-11-10(12)13/h3-4,8-9H,2,5-7H2,1H3,(H,11,13). The lowest BCUT2D eigenvalue weighted by atomic mass is 9.96. The van der Waals surface area contributed by atoms with Crippen LogP contribution >= 0.6 is 0 Å². The molecular formula is C10H16N2O2. The van der Waals surface area contributed by atoms with Crippen LogP contribution in [0.5, 0.6) is 0 Å². The molecule has 0 radical (unpaired) electrons. The van der Waals surface area contributed by atoms with Crippen LogP contribution in [0.4, 0.5) is 0 Å². The van der Waals surface area contributed by atoms with Crippen molar-refractivity contribution in [2.24, 2.45) is 5.92 Å². The van der Waals surface area contributed by atoms with E-state index in [0.29, 0.717) is 12.0 Å². The van der Waals surface area contributed by atoms with E-state index < -0.39 is 0 Å². The van der Waals surface area contributed by atoms with Crippen LogP contribution in [0.1, 0.15) is 19.8 Å². The predicted molar refractivity (Wildman–Crippen MR) is 53.2 cm³/mol. The molecule has 4 heteroatoms. The van der Waals surface area contributed by atoms with Crippen molar-refractivity contribution in [1.82, 2.24) is 9.55 Å². The molecule has 1 aromatic rings. The number of nitrogens with one attached hydrogen (secondary N) is 1. The highest BCUT2D eigenvalue weighted by Crippen LogP contribution is 2.20. The number of H-pyrrole nitrogens is 1. The van der Waals surface area contributed by atoms with E-state index >= 15 is 0 Å². The average molecular weight is 196 g/mol. The second-order valence-electron chi connectivity index (χ2n) is 3.99. The largest absolute Gasteiger partial charge is 0.378 e. The number of imidazole rings is 1. The van der Waals surface area contributed by atoms with Crippen LogP contribution < -0.4 is 5.69 Å². The summed E-state index contributed by atoms with van der Waals surface area (Å²) < 4.78 is 7.20. The quantitative estimate of drug-likeness (QED) is 0.766. The number of aromatic nitrogens is 2. The van der Waals surface area contributed by atoms with Gasteiger partial charge in [-0.25, -0.2) is 4.79 Å². The Morgan fingerprint density at radius 2 is 2.57 bits per heavy atom. The summed E-state index contributed by atoms with van der Waals surface area (Å²) in [5.41, 5.74) is -0.0101. The summed E-state index contributed by atoms with van der Waals surface area (Å²) in [5.74, 6) is 0.576. The van der Waals surface area contributed by atoms with Crippen LogP contribution in [-0.4, -0.2) is 22.3 Å². The average Bonchev–Trinajstić information content (AvgIpc) is 2.52. The van der Waals surface area contributed by atoms with Gasteiger partial charge in [0.1, 0.15) is 0 Å². The Kier molecular flexibility index (Phi) is 2.72. The summed E-state index contributed by atoms with van der Waals surface area (Å²) in [6.07, 6.45) is 5.94. The first-order valence-electron chi connectivity index (χ1n) is 5.11. The van der Waals surface area contributed by atoms with Gasteiger partial charge in [-0.05, 0) is 25.7 Å². The second kappa shape index (κ2) is 4.00. The predicted octanol–water partition coefficient (Wildman–Crippen LogP) is 0.991. The molecule has 0 aromatic carbocycles. The van der Waals surface area contributed by atoms with E-state index in [9.17, 15) is 4.79 Å². The van der Waals surface area contributed by atoms with E-state index in [-0.39, 0.29) is 5.69 Å². The number of rotatable bonds is 2. The van der Waals surface area contributed by atoms with Gasteiger partial charge in [-0.2, -0.15) is 0 Å². The lowest BCUT2D eigenvalue weighted by Crippen LogP contribution is -2.29. The van der Waals surface area contributed by atoms with Crippen molar-refractivity contribution in [2.75, 3.05) is 6.61 Å². The Labute approximate surface area is 82.9 Å². The topological polar surface area (TPSA) is 47.0 Å². The fraction of sp³-hybridized carbons (Fsp3) is 0.700. The smallest absolute Gasteiger partial charge is 0.325 e. The molecule has 1 aliphatic rings. The molecule has 1 aromatic heterocycles. The summed E-state index contributed by atoms with van der Waals surface area (Å²) >= 11 is 0. The molecule has 2 heterocycles. The maximum Gasteiger partial charge on any atom is 0.325 e. The monoisotopic (exact) mass is 196 g/mol. The molecule has 1 N–H and O–H groups in total. The summed E-state index contributed by atoms with van der Waals surface area (Å²) in [5, 5.41) is 0. The third-order valence-corrected chi connectivity index (χ3v) is 2.77. The van der Waals surface area contributed by atoms with Crippen molar-refractivity contribution >= 4 is 0 Å². The molecular weight excluding hydrogens is 180 g/mol. The summed E-state index contributed by atoms with van der Waals surface area (Å²) in [6, 6.07) is 0. The molecule has 0 bridgehead atoms. The molecule has 1 aliphatic heterocycles. The first-order valence-corrected chi connectivity index (χ1v) is 5.11. The Morgan fingerprint density at radius 1 is 1.71 bits per heavy atom. The van der Waals surface area contributed by atoms with Gasteiger partial charge in [0.25, 0.3) is 0 Å². The van der Waals surface area contributed by atoms with Crippen molar-refractivity contribution in [1.29, 1.82) is 0 Å². The third-order valence-electron chi connectivity index (χ3n) is 2.77. The van der Waals surface area contributed by atoms with Crippen molar-refractivity contribution < 1.29 is 4.74 Å². The molecule has 0 saturated carbocycles. The molecule has 0 aliphatic carbocycles. The Balaban J connectivity index is 1.97. The number of hydrogen-bond acceptors (Lipinski definition) is 2. The Bertz CT molecular complexity index is 342. The van der Waals surface area contributed by atoms with Crippen molar-refractivity contribution in [3.63, 3.8) is 0 Å². The molecule has 0 amide bonds. The zero-order chi connectivity index (χ0) is 9.97. The van der Waals surface area contributed by atoms with Gasteiger partial charge in [0.05, 0.1) is 6.10 Å². The van der Waals surface area contributed by atoms with Crippen molar-refractivity contribution in [2.45, 2.75) is 32.4 Å². The maximum absolute atomic E-state index is 11.3. The molecule has 2 atom stereocenters. The van der Waals surface area contributed by atoms with Crippen LogP contribution in [0.2, 0.25) is 0 Å². The van der Waals surface area contributed by atoms with Crippen molar-refractivity contribution in [3.05, 3.63) is 22.9 Å². The van der Waals surface area contributed by atoms with Crippen LogP contribution in [0.3, 0.4) is 0 Å². The fourth-order valence-corrected chi connectivity index (χ4v) is 2.03. The number of aromatic amines is 1. The minimum Gasteiger partial charge on any atom is -0.378 e. The van der Waals surface area contributed by atoms with Gasteiger partial charge in [-0.1, -0.05) is 0 Å². The summed E-state index contributed by atoms with van der Waals surface area (Å²) in [4.78, 5) is 13.9. The van der Waals surface area contributed by atoms with Crippen LogP contribution in [0, 0.1) is 5.92 Å². The SMILES string of the molecule is CC1CC(Cn2cc[nH]c2=O)CCO1. The van der Waals surface area contributed by atoms with Gasteiger partial charge < -0.3 is 9.72 Å². The first kappa shape index (κ1) is 9.52. The third kappa shape index (κ3) is 2.07. The van der Waals surface area contributed by atoms with Gasteiger partial charge in [0.2, 0.25) is 0 Å². The summed E-state index contributed by atoms with van der Waals surface area (Å²) in [7, 11) is 0. The minimum absolute atomic E-state index is 0.0101. The molecule has 14 heavy (non-hydrogen) atoms. The van der Waals surface area contributed by atoms with E-state index in [4.69, 9.17) is 4.74 Å². The zero-order valence-corrected chi connectivity index (χ0v) is 8.40. The van der Waals surface area contributed by atoms with E-state index in [1.165, 1.54) is 0 Å². The second-order valence-corrected chi connectivity index (χ2v) is 3.99. The Morgan fingerprint density at radius 3 is 3.21 bits per heavy atom. The minimum atomic E-state index is -0.0101. The van der Waals surface area contributed by atoms with Gasteiger partial charge >= 0.3 is 5.69 Å². The molecule has 2 rings (SSSR count). The van der Waals surface area contributed by atoms with Crippen molar-refractivity contribution in [3.8, 4) is 0 Å². The number of hydrogen-bond donors (Lipinski definition) is 1. The van der Waals surface area contributed by atoms with E-state index in [1.54, 1.807) is 10.8 Å². The molecule has 1 saturated heterocycles. The zero-order valence-electron chi connectivity index (χ0n) is 8.40. The number of ether oxygens (including phenoxy) is 1. The maximum atomic E-state index is 11.3. The highest BCUT2D eigenvalue weighted by Gasteiger charge is 2.19. The molecule has 4 nitrogen and oxygen atoms in total. The van der Waals surface area contributed by atoms with E-state index in [0.717, 1.165) is 26.0 Å². The highest BCUT2D eigenvalue weighted by molar-refractivity contribution is 4.78. The molecule has 78 valence electrons. The normalized spacial score (nSPS) is 27.8. The van der Waals surface area contributed by atoms with Gasteiger partial charge in [0, 0.05) is 25.5 Å². The lowest BCUT2D eigenvalue weighted by molar-refractivity contribution is -0.00122. The van der Waals surface area contributed by atoms with Crippen LogP contribution in [-0.2, 0) is 11.3 Å². The molecule has 2 unspecified atom stereocenters. The van der Waals surface area contributed by atoms with Gasteiger partial charge in [-0.15, -0.1) is 0 Å². The fourth-order valence-electron chi connectivity index (χ4n) is 2.03. The van der Waals surface area contributed by atoms with Crippen LogP contribution in [0.15, 0.2) is 17.2 Å². The molecule has 0 spiro atoms. The van der Waals surface area contributed by atoms with Gasteiger partial charge in [-0.3, -0.25) is 4.57 Å². The van der Waals surface area contributed by atoms with Crippen LogP contribution in [0.25, 0.3) is 0 Å². The Hall–Kier alpha value is -1.03. The first-order chi connectivity index (χ1) is 6.75. The molecule has 1 fully saturated rings. The van der Waals surface area contributed by atoms with E-state index in [1.807, 2.05) is 6.20 Å². The highest BCUT2D eigenvalue weighted by atomic mass is 16.5. The van der Waals surface area contributed by atoms with E-state index in [2.05, 4.69) is 11.9 Å².